The molecule has 0 aromatic heterocycles. The van der Waals surface area contributed by atoms with Crippen LogP contribution < -0.4 is 10.2 Å². The van der Waals surface area contributed by atoms with E-state index in [9.17, 15) is 13.6 Å². The van der Waals surface area contributed by atoms with Crippen molar-refractivity contribution in [1.82, 2.24) is 10.4 Å². The fourth-order valence-electron chi connectivity index (χ4n) is 1.16. The summed E-state index contributed by atoms with van der Waals surface area (Å²) < 4.78 is 36.4. The number of hydrogen-bond donors (Lipinski definition) is 1. The lowest BCUT2D eigenvalue weighted by Crippen LogP contribution is -2.33. The molecule has 7 heteroatoms. The molecular formula is C13H14F2N2O3. The lowest BCUT2D eigenvalue weighted by Gasteiger charge is -2.10. The lowest BCUT2D eigenvalue weighted by molar-refractivity contribution is -0.138. The molecular weight excluding hydrogens is 270 g/mol. The quantitative estimate of drug-likeness (QED) is 0.385. The number of carbonyl (C=O) groups is 1. The first-order chi connectivity index (χ1) is 9.43. The minimum Gasteiger partial charge on any atom is -0.497 e. The third-order valence-electron chi connectivity index (χ3n) is 2.12. The highest BCUT2D eigenvalue weighted by atomic mass is 19.1. The van der Waals surface area contributed by atoms with Gasteiger partial charge in [0.15, 0.2) is 6.73 Å². The van der Waals surface area contributed by atoms with Crippen LogP contribution in [-0.2, 0) is 9.53 Å². The van der Waals surface area contributed by atoms with Gasteiger partial charge in [0.1, 0.15) is 17.4 Å². The Kier molecular flexibility index (Phi) is 5.90. The molecule has 0 bridgehead atoms. The van der Waals surface area contributed by atoms with E-state index in [1.54, 1.807) is 19.1 Å². The minimum absolute atomic E-state index is 0.0308. The van der Waals surface area contributed by atoms with E-state index in [1.165, 1.54) is 7.11 Å². The van der Waals surface area contributed by atoms with Crippen LogP contribution in [0.5, 0.6) is 5.75 Å². The van der Waals surface area contributed by atoms with Crippen LogP contribution in [0.4, 0.5) is 8.78 Å². The van der Waals surface area contributed by atoms with Gasteiger partial charge in [-0.2, -0.15) is 0 Å². The molecule has 1 N–H and O–H groups in total. The Hall–Kier alpha value is -2.17. The van der Waals surface area contributed by atoms with Gasteiger partial charge in [-0.15, -0.1) is 0 Å². The van der Waals surface area contributed by atoms with E-state index < -0.39 is 23.2 Å². The highest BCUT2D eigenvalue weighted by molar-refractivity contribution is 5.89. The highest BCUT2D eigenvalue weighted by Crippen LogP contribution is 2.19. The molecule has 0 unspecified atom stereocenters. The predicted octanol–water partition coefficient (Wildman–Crippen LogP) is 0.892. The van der Waals surface area contributed by atoms with E-state index in [4.69, 9.17) is 4.74 Å². The number of nitrogens with one attached hydrogen (secondary N) is 1. The molecule has 0 aliphatic carbocycles. The van der Waals surface area contributed by atoms with Gasteiger partial charge in [-0.3, -0.25) is 0 Å². The van der Waals surface area contributed by atoms with Gasteiger partial charge in [-0.25, -0.2) is 24.0 Å². The van der Waals surface area contributed by atoms with Crippen molar-refractivity contribution in [3.63, 3.8) is 0 Å². The van der Waals surface area contributed by atoms with Crippen molar-refractivity contribution in [3.05, 3.63) is 29.3 Å². The van der Waals surface area contributed by atoms with Crippen molar-refractivity contribution in [2.45, 2.75) is 0 Å². The number of rotatable bonds is 4. The van der Waals surface area contributed by atoms with Crippen LogP contribution >= 0.6 is 0 Å². The zero-order valence-electron chi connectivity index (χ0n) is 11.3. The Morgan fingerprint density at radius 2 is 1.95 bits per heavy atom. The number of methoxy groups -OCH3 is 1. The summed E-state index contributed by atoms with van der Waals surface area (Å²) in [5, 5.41) is 1.57. The van der Waals surface area contributed by atoms with Gasteiger partial charge in [-0.1, -0.05) is 0 Å². The van der Waals surface area contributed by atoms with Crippen LogP contribution in [0.2, 0.25) is 0 Å². The third kappa shape index (κ3) is 4.84. The highest BCUT2D eigenvalue weighted by Gasteiger charge is 2.10. The van der Waals surface area contributed by atoms with Crippen molar-refractivity contribution in [2.24, 2.45) is 0 Å². The number of benzene rings is 1. The maximum absolute atomic E-state index is 13.5. The maximum atomic E-state index is 13.5. The maximum Gasteiger partial charge on any atom is 0.386 e. The van der Waals surface area contributed by atoms with Crippen molar-refractivity contribution in [2.75, 3.05) is 27.9 Å². The number of nitrogens with zero attached hydrogens (tertiary/aromatic N) is 1. The van der Waals surface area contributed by atoms with Crippen LogP contribution in [0.3, 0.4) is 0 Å². The van der Waals surface area contributed by atoms with Crippen molar-refractivity contribution in [1.29, 1.82) is 0 Å². The van der Waals surface area contributed by atoms with Gasteiger partial charge in [0.2, 0.25) is 0 Å². The van der Waals surface area contributed by atoms with E-state index in [0.29, 0.717) is 0 Å². The topological polar surface area (TPSA) is 50.8 Å². The van der Waals surface area contributed by atoms with Crippen LogP contribution in [0.25, 0.3) is 0 Å². The average Bonchev–Trinajstić information content (AvgIpc) is 2.36. The smallest absolute Gasteiger partial charge is 0.386 e. The first-order valence-electron chi connectivity index (χ1n) is 5.56. The largest absolute Gasteiger partial charge is 0.497 e. The molecule has 0 saturated heterocycles. The first-order valence-corrected chi connectivity index (χ1v) is 5.56. The second kappa shape index (κ2) is 7.43. The summed E-state index contributed by atoms with van der Waals surface area (Å²) in [6.07, 6.45) is 0. The van der Waals surface area contributed by atoms with Gasteiger partial charge >= 0.3 is 5.97 Å². The summed E-state index contributed by atoms with van der Waals surface area (Å²) in [4.78, 5) is 11.2. The van der Waals surface area contributed by atoms with Gasteiger partial charge in [0.05, 0.1) is 12.7 Å². The Bertz CT molecular complexity index is 527. The normalized spacial score (nSPS) is 9.90. The molecule has 0 heterocycles. The van der Waals surface area contributed by atoms with Gasteiger partial charge in [0, 0.05) is 32.1 Å². The molecule has 0 aliphatic heterocycles. The third-order valence-corrected chi connectivity index (χ3v) is 2.12. The van der Waals surface area contributed by atoms with Crippen LogP contribution in [0, 0.1) is 23.5 Å². The molecule has 0 radical (unpaired) electrons. The van der Waals surface area contributed by atoms with E-state index in [-0.39, 0.29) is 12.5 Å². The lowest BCUT2D eigenvalue weighted by atomic mass is 10.2. The second-order valence-electron chi connectivity index (χ2n) is 3.84. The SMILES string of the molecule is COc1cc(F)c(C#CC(=O)OCNN(C)C)c(F)c1. The molecule has 1 rings (SSSR count). The number of ether oxygens (including phenoxy) is 2. The molecule has 5 nitrogen and oxygen atoms in total. The molecule has 108 valence electrons. The molecule has 0 saturated carbocycles. The van der Waals surface area contributed by atoms with E-state index in [0.717, 1.165) is 12.1 Å². The Morgan fingerprint density at radius 3 is 2.45 bits per heavy atom. The summed E-state index contributed by atoms with van der Waals surface area (Å²) >= 11 is 0. The Morgan fingerprint density at radius 1 is 1.35 bits per heavy atom. The van der Waals surface area contributed by atoms with Crippen molar-refractivity contribution in [3.8, 4) is 17.6 Å². The molecule has 1 aromatic carbocycles. The zero-order valence-corrected chi connectivity index (χ0v) is 11.3. The molecule has 0 spiro atoms. The average molecular weight is 284 g/mol. The molecule has 1 aromatic rings. The van der Waals surface area contributed by atoms with Gasteiger partial charge in [-0.05, 0) is 5.92 Å². The zero-order chi connectivity index (χ0) is 15.1. The molecule has 0 aliphatic rings. The number of hydrazine groups is 1. The summed E-state index contributed by atoms with van der Waals surface area (Å²) in [6, 6.07) is 1.96. The van der Waals surface area contributed by atoms with E-state index in [2.05, 4.69) is 16.1 Å². The van der Waals surface area contributed by atoms with Crippen molar-refractivity contribution < 1.29 is 23.0 Å². The molecule has 0 fully saturated rings. The number of esters is 1. The summed E-state index contributed by atoms with van der Waals surface area (Å²) in [5.41, 5.74) is 2.16. The van der Waals surface area contributed by atoms with Crippen LogP contribution in [-0.4, -0.2) is 38.9 Å². The predicted molar refractivity (Wildman–Crippen MR) is 67.6 cm³/mol. The number of hydrogen-bond acceptors (Lipinski definition) is 5. The fraction of sp³-hybridized carbons (Fsp3) is 0.308. The summed E-state index contributed by atoms with van der Waals surface area (Å²) in [5.74, 6) is 1.42. The summed E-state index contributed by atoms with van der Waals surface area (Å²) in [6.45, 7) is -0.0892. The number of halogens is 2. The second-order valence-corrected chi connectivity index (χ2v) is 3.84. The van der Waals surface area contributed by atoms with E-state index >= 15 is 0 Å². The van der Waals surface area contributed by atoms with Crippen molar-refractivity contribution >= 4 is 5.97 Å². The van der Waals surface area contributed by atoms with Crippen LogP contribution in [0.15, 0.2) is 12.1 Å². The minimum atomic E-state index is -0.909. The summed E-state index contributed by atoms with van der Waals surface area (Å²) in [7, 11) is 4.71. The standard InChI is InChI=1S/C13H14F2N2O3/c1-17(2)16-8-20-13(18)5-4-10-11(14)6-9(19-3)7-12(10)15/h6-7,16H,8H2,1-3H3. The fourth-order valence-corrected chi connectivity index (χ4v) is 1.16. The Labute approximate surface area is 115 Å². The van der Waals surface area contributed by atoms with E-state index in [1.807, 2.05) is 5.92 Å². The monoisotopic (exact) mass is 284 g/mol. The first kappa shape index (κ1) is 15.9. The molecule has 0 amide bonds. The molecule has 20 heavy (non-hydrogen) atoms. The van der Waals surface area contributed by atoms with Gasteiger partial charge < -0.3 is 9.47 Å². The Balaban J connectivity index is 2.74. The number of carbonyl (C=O) groups excluding carboxylic acids is 1. The van der Waals surface area contributed by atoms with Gasteiger partial charge in [0.25, 0.3) is 0 Å². The van der Waals surface area contributed by atoms with Crippen LogP contribution in [0.1, 0.15) is 5.56 Å². The molecule has 0 atom stereocenters.